The summed E-state index contributed by atoms with van der Waals surface area (Å²) in [7, 11) is 0. The first-order valence-corrected chi connectivity index (χ1v) is 6.31. The van der Waals surface area contributed by atoms with Crippen molar-refractivity contribution in [1.82, 2.24) is 4.98 Å². The van der Waals surface area contributed by atoms with Gasteiger partial charge in [-0.1, -0.05) is 24.3 Å². The fourth-order valence-corrected chi connectivity index (χ4v) is 1.74. The van der Waals surface area contributed by atoms with E-state index >= 15 is 0 Å². The zero-order valence-electron chi connectivity index (χ0n) is 10.7. The smallest absolute Gasteiger partial charge is 0.126 e. The Balaban J connectivity index is 1.65. The van der Waals surface area contributed by atoms with Crippen LogP contribution in [0.2, 0.25) is 0 Å². The molecule has 2 rings (SSSR count). The maximum atomic E-state index is 4.40. The van der Waals surface area contributed by atoms with E-state index in [1.165, 1.54) is 5.69 Å². The van der Waals surface area contributed by atoms with Crippen LogP contribution in [0.3, 0.4) is 0 Å². The molecule has 18 heavy (non-hydrogen) atoms. The highest BCUT2D eigenvalue weighted by molar-refractivity contribution is 5.42. The van der Waals surface area contributed by atoms with E-state index in [1.807, 2.05) is 43.3 Å². The van der Waals surface area contributed by atoms with Crippen molar-refractivity contribution in [3.63, 3.8) is 0 Å². The number of aromatic nitrogens is 1. The van der Waals surface area contributed by atoms with Crippen molar-refractivity contribution >= 4 is 11.5 Å². The average Bonchev–Trinajstić information content (AvgIpc) is 2.40. The number of anilines is 2. The number of rotatable bonds is 6. The second kappa shape index (κ2) is 6.64. The molecular formula is C15H19N3. The van der Waals surface area contributed by atoms with Crippen LogP contribution < -0.4 is 10.6 Å². The van der Waals surface area contributed by atoms with Gasteiger partial charge in [-0.25, -0.2) is 4.98 Å². The molecule has 0 aliphatic heterocycles. The van der Waals surface area contributed by atoms with Gasteiger partial charge in [-0.05, 0) is 37.6 Å². The lowest BCUT2D eigenvalue weighted by atomic mass is 10.3. The molecule has 0 atom stereocenters. The standard InChI is InChI=1S/C15H19N3/c1-13-7-5-10-15(18-13)17-12-6-11-16-14-8-3-2-4-9-14/h2-5,7-10,16H,6,11-12H2,1H3,(H,17,18). The van der Waals surface area contributed by atoms with Gasteiger partial charge in [0.15, 0.2) is 0 Å². The number of hydrogen-bond donors (Lipinski definition) is 2. The third-order valence-electron chi connectivity index (χ3n) is 2.65. The van der Waals surface area contributed by atoms with Crippen molar-refractivity contribution in [3.8, 4) is 0 Å². The van der Waals surface area contributed by atoms with E-state index in [2.05, 4.69) is 27.8 Å². The number of benzene rings is 1. The summed E-state index contributed by atoms with van der Waals surface area (Å²) in [6.07, 6.45) is 1.06. The summed E-state index contributed by atoms with van der Waals surface area (Å²) < 4.78 is 0. The van der Waals surface area contributed by atoms with Crippen molar-refractivity contribution in [3.05, 3.63) is 54.2 Å². The SMILES string of the molecule is Cc1cccc(NCCCNc2ccccc2)n1. The van der Waals surface area contributed by atoms with Gasteiger partial charge in [-0.15, -0.1) is 0 Å². The fraction of sp³-hybridized carbons (Fsp3) is 0.267. The van der Waals surface area contributed by atoms with Crippen molar-refractivity contribution in [2.24, 2.45) is 0 Å². The Hall–Kier alpha value is -2.03. The number of aryl methyl sites for hydroxylation is 1. The molecule has 0 aliphatic rings. The van der Waals surface area contributed by atoms with E-state index in [-0.39, 0.29) is 0 Å². The maximum Gasteiger partial charge on any atom is 0.126 e. The lowest BCUT2D eigenvalue weighted by molar-refractivity contribution is 0.902. The van der Waals surface area contributed by atoms with Gasteiger partial charge in [-0.2, -0.15) is 0 Å². The van der Waals surface area contributed by atoms with E-state index in [0.29, 0.717) is 0 Å². The van der Waals surface area contributed by atoms with Gasteiger partial charge in [0.25, 0.3) is 0 Å². The molecule has 0 amide bonds. The summed E-state index contributed by atoms with van der Waals surface area (Å²) in [5, 5.41) is 6.70. The third-order valence-corrected chi connectivity index (χ3v) is 2.65. The van der Waals surface area contributed by atoms with Crippen LogP contribution in [0.15, 0.2) is 48.5 Å². The Labute approximate surface area is 108 Å². The van der Waals surface area contributed by atoms with E-state index in [0.717, 1.165) is 31.0 Å². The second-order valence-electron chi connectivity index (χ2n) is 4.24. The molecule has 0 spiro atoms. The predicted octanol–water partition coefficient (Wildman–Crippen LogP) is 3.30. The quantitative estimate of drug-likeness (QED) is 0.762. The molecule has 2 N–H and O–H groups in total. The Morgan fingerprint density at radius 3 is 2.44 bits per heavy atom. The first-order chi connectivity index (χ1) is 8.84. The zero-order chi connectivity index (χ0) is 12.6. The van der Waals surface area contributed by atoms with Crippen LogP contribution >= 0.6 is 0 Å². The molecule has 3 heteroatoms. The van der Waals surface area contributed by atoms with Crippen molar-refractivity contribution in [2.45, 2.75) is 13.3 Å². The minimum absolute atomic E-state index is 0.927. The first-order valence-electron chi connectivity index (χ1n) is 6.31. The van der Waals surface area contributed by atoms with Gasteiger partial charge in [0.1, 0.15) is 5.82 Å². The molecule has 0 fully saturated rings. The monoisotopic (exact) mass is 241 g/mol. The number of nitrogens with zero attached hydrogens (tertiary/aromatic N) is 1. The van der Waals surface area contributed by atoms with E-state index < -0.39 is 0 Å². The van der Waals surface area contributed by atoms with Crippen LogP contribution in [-0.4, -0.2) is 18.1 Å². The van der Waals surface area contributed by atoms with Gasteiger partial charge in [-0.3, -0.25) is 0 Å². The molecular weight excluding hydrogens is 222 g/mol. The molecule has 3 nitrogen and oxygen atoms in total. The minimum Gasteiger partial charge on any atom is -0.385 e. The van der Waals surface area contributed by atoms with Gasteiger partial charge in [0, 0.05) is 24.5 Å². The molecule has 1 aromatic heterocycles. The topological polar surface area (TPSA) is 37.0 Å². The molecule has 0 saturated heterocycles. The van der Waals surface area contributed by atoms with E-state index in [1.54, 1.807) is 0 Å². The normalized spacial score (nSPS) is 10.1. The molecule has 1 heterocycles. The molecule has 1 aromatic carbocycles. The molecule has 0 saturated carbocycles. The molecule has 94 valence electrons. The third kappa shape index (κ3) is 4.09. The Morgan fingerprint density at radius 2 is 1.67 bits per heavy atom. The van der Waals surface area contributed by atoms with Gasteiger partial charge >= 0.3 is 0 Å². The highest BCUT2D eigenvalue weighted by Crippen LogP contribution is 2.05. The summed E-state index contributed by atoms with van der Waals surface area (Å²) in [4.78, 5) is 4.40. The van der Waals surface area contributed by atoms with Gasteiger partial charge < -0.3 is 10.6 Å². The van der Waals surface area contributed by atoms with Crippen molar-refractivity contribution in [1.29, 1.82) is 0 Å². The lowest BCUT2D eigenvalue weighted by Gasteiger charge is -2.08. The van der Waals surface area contributed by atoms with Gasteiger partial charge in [0.05, 0.1) is 0 Å². The average molecular weight is 241 g/mol. The van der Waals surface area contributed by atoms with Crippen LogP contribution in [0.25, 0.3) is 0 Å². The summed E-state index contributed by atoms with van der Waals surface area (Å²) in [6, 6.07) is 16.3. The van der Waals surface area contributed by atoms with E-state index in [4.69, 9.17) is 0 Å². The number of hydrogen-bond acceptors (Lipinski definition) is 3. The van der Waals surface area contributed by atoms with Gasteiger partial charge in [0.2, 0.25) is 0 Å². The van der Waals surface area contributed by atoms with Crippen LogP contribution in [-0.2, 0) is 0 Å². The summed E-state index contributed by atoms with van der Waals surface area (Å²) in [6.45, 7) is 3.89. The number of pyridine rings is 1. The minimum atomic E-state index is 0.927. The highest BCUT2D eigenvalue weighted by Gasteiger charge is 1.93. The summed E-state index contributed by atoms with van der Waals surface area (Å²) in [5.74, 6) is 0.953. The fourth-order valence-electron chi connectivity index (χ4n) is 1.74. The van der Waals surface area contributed by atoms with Crippen LogP contribution in [0, 0.1) is 6.92 Å². The summed E-state index contributed by atoms with van der Waals surface area (Å²) >= 11 is 0. The number of nitrogens with one attached hydrogen (secondary N) is 2. The van der Waals surface area contributed by atoms with E-state index in [9.17, 15) is 0 Å². The highest BCUT2D eigenvalue weighted by atomic mass is 15.0. The molecule has 0 radical (unpaired) electrons. The van der Waals surface area contributed by atoms with Crippen molar-refractivity contribution < 1.29 is 0 Å². The Kier molecular flexibility index (Phi) is 4.59. The lowest BCUT2D eigenvalue weighted by Crippen LogP contribution is -2.09. The predicted molar refractivity (Wildman–Crippen MR) is 77.0 cm³/mol. The number of para-hydroxylation sites is 1. The van der Waals surface area contributed by atoms with Crippen LogP contribution in [0.5, 0.6) is 0 Å². The van der Waals surface area contributed by atoms with Crippen LogP contribution in [0.1, 0.15) is 12.1 Å². The molecule has 2 aromatic rings. The second-order valence-corrected chi connectivity index (χ2v) is 4.24. The Morgan fingerprint density at radius 1 is 0.889 bits per heavy atom. The van der Waals surface area contributed by atoms with Crippen LogP contribution in [0.4, 0.5) is 11.5 Å². The molecule has 0 unspecified atom stereocenters. The molecule has 0 aliphatic carbocycles. The first kappa shape index (κ1) is 12.4. The largest absolute Gasteiger partial charge is 0.385 e. The molecule has 0 bridgehead atoms. The zero-order valence-corrected chi connectivity index (χ0v) is 10.7. The Bertz CT molecular complexity index is 468. The maximum absolute atomic E-state index is 4.40. The summed E-state index contributed by atoms with van der Waals surface area (Å²) in [5.41, 5.74) is 2.22. The van der Waals surface area contributed by atoms with Crippen molar-refractivity contribution in [2.75, 3.05) is 23.7 Å².